The average molecular weight is 210 g/mol. The van der Waals surface area contributed by atoms with Gasteiger partial charge in [-0.2, -0.15) is 0 Å². The number of rotatable bonds is 1. The van der Waals surface area contributed by atoms with Crippen LogP contribution in [0.2, 0.25) is 0 Å². The number of hydrogen-bond acceptors (Lipinski definition) is 2. The summed E-state index contributed by atoms with van der Waals surface area (Å²) >= 11 is 0. The Labute approximate surface area is 92.2 Å². The van der Waals surface area contributed by atoms with Gasteiger partial charge in [0.25, 0.3) is 0 Å². The molecule has 2 fully saturated rings. The summed E-state index contributed by atoms with van der Waals surface area (Å²) in [5.41, 5.74) is 0. The second-order valence-electron chi connectivity index (χ2n) is 4.92. The summed E-state index contributed by atoms with van der Waals surface area (Å²) in [6.07, 6.45) is 5.89. The molecule has 0 aromatic carbocycles. The SMILES string of the molecule is C[C@@H]1CCCCN1C(=O)[C@@H]1CCCNC1. The van der Waals surface area contributed by atoms with Gasteiger partial charge in [0.2, 0.25) is 5.91 Å². The molecule has 2 aliphatic heterocycles. The monoisotopic (exact) mass is 210 g/mol. The van der Waals surface area contributed by atoms with Crippen molar-refractivity contribution < 1.29 is 4.79 Å². The number of nitrogens with zero attached hydrogens (tertiary/aromatic N) is 1. The van der Waals surface area contributed by atoms with Crippen molar-refractivity contribution in [2.24, 2.45) is 5.92 Å². The first kappa shape index (κ1) is 10.9. The maximum Gasteiger partial charge on any atom is 0.227 e. The van der Waals surface area contributed by atoms with Crippen molar-refractivity contribution in [3.05, 3.63) is 0 Å². The van der Waals surface area contributed by atoms with Gasteiger partial charge in [0.1, 0.15) is 0 Å². The number of likely N-dealkylation sites (tertiary alicyclic amines) is 1. The van der Waals surface area contributed by atoms with E-state index in [9.17, 15) is 4.79 Å². The maximum atomic E-state index is 12.2. The van der Waals surface area contributed by atoms with Gasteiger partial charge in [-0.05, 0) is 45.6 Å². The number of nitrogens with one attached hydrogen (secondary N) is 1. The van der Waals surface area contributed by atoms with Gasteiger partial charge in [0, 0.05) is 19.1 Å². The molecule has 0 aliphatic carbocycles. The van der Waals surface area contributed by atoms with Crippen molar-refractivity contribution in [2.45, 2.75) is 45.1 Å². The van der Waals surface area contributed by atoms with E-state index in [1.807, 2.05) is 0 Å². The van der Waals surface area contributed by atoms with Gasteiger partial charge in [-0.3, -0.25) is 4.79 Å². The summed E-state index contributed by atoms with van der Waals surface area (Å²) < 4.78 is 0. The van der Waals surface area contributed by atoms with Crippen LogP contribution in [0.4, 0.5) is 0 Å². The van der Waals surface area contributed by atoms with E-state index in [0.717, 1.165) is 32.5 Å². The molecule has 0 radical (unpaired) electrons. The van der Waals surface area contributed by atoms with Gasteiger partial charge >= 0.3 is 0 Å². The smallest absolute Gasteiger partial charge is 0.227 e. The summed E-state index contributed by atoms with van der Waals surface area (Å²) in [4.78, 5) is 14.4. The molecule has 0 unspecified atom stereocenters. The first-order valence-electron chi connectivity index (χ1n) is 6.30. The van der Waals surface area contributed by atoms with Gasteiger partial charge in [0.15, 0.2) is 0 Å². The molecule has 0 aromatic heterocycles. The van der Waals surface area contributed by atoms with E-state index in [-0.39, 0.29) is 5.92 Å². The molecule has 0 saturated carbocycles. The standard InChI is InChI=1S/C12H22N2O/c1-10-5-2-3-8-14(10)12(15)11-6-4-7-13-9-11/h10-11,13H,2-9H2,1H3/t10-,11-/m1/s1. The second-order valence-corrected chi connectivity index (χ2v) is 4.92. The summed E-state index contributed by atoms with van der Waals surface area (Å²) in [5, 5.41) is 3.32. The fraction of sp³-hybridized carbons (Fsp3) is 0.917. The van der Waals surface area contributed by atoms with Crippen LogP contribution in [0, 0.1) is 5.92 Å². The molecular formula is C12H22N2O. The Hall–Kier alpha value is -0.570. The Morgan fingerprint density at radius 1 is 1.27 bits per heavy atom. The van der Waals surface area contributed by atoms with Crippen LogP contribution >= 0.6 is 0 Å². The molecule has 86 valence electrons. The zero-order chi connectivity index (χ0) is 10.7. The van der Waals surface area contributed by atoms with E-state index < -0.39 is 0 Å². The minimum absolute atomic E-state index is 0.249. The highest BCUT2D eigenvalue weighted by atomic mass is 16.2. The van der Waals surface area contributed by atoms with Crippen LogP contribution < -0.4 is 5.32 Å². The molecule has 2 aliphatic rings. The number of amides is 1. The maximum absolute atomic E-state index is 12.2. The van der Waals surface area contributed by atoms with Crippen LogP contribution in [0.5, 0.6) is 0 Å². The van der Waals surface area contributed by atoms with E-state index in [2.05, 4.69) is 17.1 Å². The van der Waals surface area contributed by atoms with Crippen molar-refractivity contribution in [2.75, 3.05) is 19.6 Å². The Morgan fingerprint density at radius 2 is 2.13 bits per heavy atom. The van der Waals surface area contributed by atoms with Gasteiger partial charge < -0.3 is 10.2 Å². The highest BCUT2D eigenvalue weighted by Crippen LogP contribution is 2.21. The minimum Gasteiger partial charge on any atom is -0.340 e. The van der Waals surface area contributed by atoms with Gasteiger partial charge in [-0.1, -0.05) is 0 Å². The van der Waals surface area contributed by atoms with E-state index in [0.29, 0.717) is 11.9 Å². The molecule has 2 saturated heterocycles. The summed E-state index contributed by atoms with van der Waals surface area (Å²) in [5.74, 6) is 0.647. The minimum atomic E-state index is 0.249. The number of hydrogen-bond donors (Lipinski definition) is 1. The van der Waals surface area contributed by atoms with Crippen LogP contribution in [0.15, 0.2) is 0 Å². The number of piperidine rings is 2. The lowest BCUT2D eigenvalue weighted by molar-refractivity contribution is -0.139. The highest BCUT2D eigenvalue weighted by molar-refractivity contribution is 5.79. The predicted molar refractivity (Wildman–Crippen MR) is 60.6 cm³/mol. The van der Waals surface area contributed by atoms with Gasteiger partial charge in [-0.15, -0.1) is 0 Å². The van der Waals surface area contributed by atoms with Crippen molar-refractivity contribution >= 4 is 5.91 Å². The predicted octanol–water partition coefficient (Wildman–Crippen LogP) is 1.39. The zero-order valence-electron chi connectivity index (χ0n) is 9.67. The average Bonchev–Trinajstić information content (AvgIpc) is 2.30. The Morgan fingerprint density at radius 3 is 2.80 bits per heavy atom. The Bertz CT molecular complexity index is 224. The third kappa shape index (κ3) is 2.51. The lowest BCUT2D eigenvalue weighted by Gasteiger charge is -2.37. The lowest BCUT2D eigenvalue weighted by atomic mass is 9.95. The Kier molecular flexibility index (Phi) is 3.62. The number of carbonyl (C=O) groups is 1. The topological polar surface area (TPSA) is 32.3 Å². The van der Waals surface area contributed by atoms with E-state index in [1.54, 1.807) is 0 Å². The highest BCUT2D eigenvalue weighted by Gasteiger charge is 2.29. The first-order valence-corrected chi connectivity index (χ1v) is 6.30. The van der Waals surface area contributed by atoms with Gasteiger partial charge in [-0.25, -0.2) is 0 Å². The zero-order valence-corrected chi connectivity index (χ0v) is 9.67. The normalized spacial score (nSPS) is 32.7. The largest absolute Gasteiger partial charge is 0.340 e. The summed E-state index contributed by atoms with van der Waals surface area (Å²) in [6.45, 7) is 5.14. The summed E-state index contributed by atoms with van der Waals surface area (Å²) in [7, 11) is 0. The molecule has 0 bridgehead atoms. The van der Waals surface area contributed by atoms with E-state index >= 15 is 0 Å². The van der Waals surface area contributed by atoms with Crippen LogP contribution in [0.25, 0.3) is 0 Å². The molecule has 2 atom stereocenters. The fourth-order valence-corrected chi connectivity index (χ4v) is 2.72. The first-order chi connectivity index (χ1) is 7.29. The second kappa shape index (κ2) is 4.97. The molecular weight excluding hydrogens is 188 g/mol. The van der Waals surface area contributed by atoms with Gasteiger partial charge in [0.05, 0.1) is 5.92 Å². The molecule has 15 heavy (non-hydrogen) atoms. The Balaban J connectivity index is 1.92. The fourth-order valence-electron chi connectivity index (χ4n) is 2.72. The van der Waals surface area contributed by atoms with Crippen molar-refractivity contribution in [3.8, 4) is 0 Å². The molecule has 2 heterocycles. The third-order valence-corrected chi connectivity index (χ3v) is 3.73. The van der Waals surface area contributed by atoms with Crippen LogP contribution in [0.1, 0.15) is 39.0 Å². The lowest BCUT2D eigenvalue weighted by Crippen LogP contribution is -2.48. The molecule has 2 rings (SSSR count). The van der Waals surface area contributed by atoms with E-state index in [1.165, 1.54) is 19.3 Å². The molecule has 1 amide bonds. The van der Waals surface area contributed by atoms with Crippen LogP contribution in [-0.4, -0.2) is 36.5 Å². The third-order valence-electron chi connectivity index (χ3n) is 3.73. The van der Waals surface area contributed by atoms with Crippen molar-refractivity contribution in [1.29, 1.82) is 0 Å². The van der Waals surface area contributed by atoms with Crippen molar-refractivity contribution in [3.63, 3.8) is 0 Å². The van der Waals surface area contributed by atoms with E-state index in [4.69, 9.17) is 0 Å². The molecule has 0 aromatic rings. The molecule has 1 N–H and O–H groups in total. The van der Waals surface area contributed by atoms with Crippen LogP contribution in [0.3, 0.4) is 0 Å². The summed E-state index contributed by atoms with van der Waals surface area (Å²) in [6, 6.07) is 0.466. The molecule has 3 nitrogen and oxygen atoms in total. The van der Waals surface area contributed by atoms with Crippen molar-refractivity contribution in [1.82, 2.24) is 10.2 Å². The number of carbonyl (C=O) groups excluding carboxylic acids is 1. The quantitative estimate of drug-likeness (QED) is 0.709. The van der Waals surface area contributed by atoms with Crippen LogP contribution in [-0.2, 0) is 4.79 Å². The molecule has 3 heteroatoms. The molecule has 0 spiro atoms.